The first-order valence-electron chi connectivity index (χ1n) is 5.51. The largest absolute Gasteiger partial charge is 0.392 e. The van der Waals surface area contributed by atoms with Crippen LogP contribution in [0.2, 0.25) is 5.02 Å². The topological polar surface area (TPSA) is 69.6 Å². The van der Waals surface area contributed by atoms with Crippen LogP contribution in [0.15, 0.2) is 17.0 Å². The number of nitrogens with zero attached hydrogens (tertiary/aromatic N) is 1. The molecule has 8 heteroatoms. The van der Waals surface area contributed by atoms with Gasteiger partial charge >= 0.3 is 0 Å². The smallest absolute Gasteiger partial charge is 0.240 e. The third kappa shape index (κ3) is 4.39. The van der Waals surface area contributed by atoms with Gasteiger partial charge in [-0.25, -0.2) is 17.5 Å². The van der Waals surface area contributed by atoms with Gasteiger partial charge in [0.15, 0.2) is 0 Å². The van der Waals surface area contributed by atoms with Crippen LogP contribution in [0.1, 0.15) is 5.56 Å². The third-order valence-electron chi connectivity index (χ3n) is 2.41. The van der Waals surface area contributed by atoms with Crippen LogP contribution in [0.4, 0.5) is 4.39 Å². The Bertz CT molecular complexity index is 549. The highest BCUT2D eigenvalue weighted by molar-refractivity contribution is 7.89. The lowest BCUT2D eigenvalue weighted by Gasteiger charge is -2.12. The minimum Gasteiger partial charge on any atom is -0.392 e. The second-order valence-corrected chi connectivity index (χ2v) is 6.38. The molecule has 0 bridgehead atoms. The highest BCUT2D eigenvalue weighted by atomic mass is 35.5. The molecule has 5 nitrogen and oxygen atoms in total. The number of hydrogen-bond acceptors (Lipinski definition) is 4. The summed E-state index contributed by atoms with van der Waals surface area (Å²) in [5.74, 6) is -0.874. The summed E-state index contributed by atoms with van der Waals surface area (Å²) in [6.07, 6.45) is 0. The molecule has 108 valence electrons. The molecule has 19 heavy (non-hydrogen) atoms. The molecule has 0 fully saturated rings. The molecule has 0 unspecified atom stereocenters. The fourth-order valence-electron chi connectivity index (χ4n) is 1.38. The van der Waals surface area contributed by atoms with Crippen LogP contribution in [0, 0.1) is 5.82 Å². The van der Waals surface area contributed by atoms with E-state index in [1.807, 2.05) is 4.90 Å². The second-order valence-electron chi connectivity index (χ2n) is 4.24. The van der Waals surface area contributed by atoms with Gasteiger partial charge in [0.2, 0.25) is 10.0 Å². The van der Waals surface area contributed by atoms with E-state index in [0.29, 0.717) is 6.54 Å². The van der Waals surface area contributed by atoms with Gasteiger partial charge in [0, 0.05) is 18.7 Å². The van der Waals surface area contributed by atoms with Gasteiger partial charge in [-0.05, 0) is 26.2 Å². The van der Waals surface area contributed by atoms with Crippen LogP contribution < -0.4 is 4.72 Å². The van der Waals surface area contributed by atoms with Gasteiger partial charge in [-0.3, -0.25) is 0 Å². The van der Waals surface area contributed by atoms with Crippen LogP contribution in [0.25, 0.3) is 0 Å². The lowest BCUT2D eigenvalue weighted by molar-refractivity contribution is 0.281. The maximum Gasteiger partial charge on any atom is 0.240 e. The molecule has 0 aliphatic carbocycles. The Morgan fingerprint density at radius 1 is 1.42 bits per heavy atom. The number of aliphatic hydroxyl groups is 1. The van der Waals surface area contributed by atoms with E-state index in [-0.39, 0.29) is 22.0 Å². The molecular formula is C11H16ClFN2O3S. The van der Waals surface area contributed by atoms with Gasteiger partial charge in [-0.1, -0.05) is 11.6 Å². The lowest BCUT2D eigenvalue weighted by atomic mass is 10.2. The molecule has 0 aliphatic rings. The minimum absolute atomic E-state index is 0.0367. The highest BCUT2D eigenvalue weighted by Gasteiger charge is 2.18. The van der Waals surface area contributed by atoms with Gasteiger partial charge < -0.3 is 10.0 Å². The number of hydrogen-bond donors (Lipinski definition) is 2. The van der Waals surface area contributed by atoms with Crippen LogP contribution in [0.5, 0.6) is 0 Å². The predicted molar refractivity (Wildman–Crippen MR) is 71.1 cm³/mol. The summed E-state index contributed by atoms with van der Waals surface area (Å²) in [5.41, 5.74) is 0.0367. The number of aliphatic hydroxyl groups excluding tert-OH is 1. The average Bonchev–Trinajstić information content (AvgIpc) is 2.31. The van der Waals surface area contributed by atoms with Crippen molar-refractivity contribution in [2.24, 2.45) is 0 Å². The molecule has 0 atom stereocenters. The molecule has 2 N–H and O–H groups in total. The summed E-state index contributed by atoms with van der Waals surface area (Å²) in [5, 5.41) is 8.74. The number of likely N-dealkylation sites (N-methyl/N-ethyl adjacent to an activating group) is 1. The van der Waals surface area contributed by atoms with Crippen molar-refractivity contribution in [1.82, 2.24) is 9.62 Å². The van der Waals surface area contributed by atoms with Gasteiger partial charge in [0.25, 0.3) is 0 Å². The van der Waals surface area contributed by atoms with Crippen molar-refractivity contribution in [2.75, 3.05) is 27.2 Å². The molecular weight excluding hydrogens is 295 g/mol. The zero-order valence-electron chi connectivity index (χ0n) is 10.7. The first kappa shape index (κ1) is 16.3. The zero-order valence-corrected chi connectivity index (χ0v) is 12.2. The van der Waals surface area contributed by atoms with Gasteiger partial charge in [-0.15, -0.1) is 0 Å². The molecule has 0 saturated heterocycles. The fraction of sp³-hybridized carbons (Fsp3) is 0.455. The van der Waals surface area contributed by atoms with Crippen molar-refractivity contribution in [3.05, 3.63) is 28.5 Å². The molecule has 1 rings (SSSR count). The molecule has 0 spiro atoms. The fourth-order valence-corrected chi connectivity index (χ4v) is 2.63. The van der Waals surface area contributed by atoms with Gasteiger partial charge in [0.1, 0.15) is 5.82 Å². The highest BCUT2D eigenvalue weighted by Crippen LogP contribution is 2.24. The number of rotatable bonds is 6. The van der Waals surface area contributed by atoms with Crippen molar-refractivity contribution in [3.63, 3.8) is 0 Å². The number of benzene rings is 1. The van der Waals surface area contributed by atoms with Crippen LogP contribution in [0.3, 0.4) is 0 Å². The maximum absolute atomic E-state index is 13.5. The summed E-state index contributed by atoms with van der Waals surface area (Å²) in [6.45, 7) is 0.188. The predicted octanol–water partition coefficient (Wildman–Crippen LogP) is 0.811. The summed E-state index contributed by atoms with van der Waals surface area (Å²) in [6, 6.07) is 1.99. The van der Waals surface area contributed by atoms with Crippen LogP contribution in [-0.2, 0) is 16.6 Å². The van der Waals surface area contributed by atoms with Crippen molar-refractivity contribution in [3.8, 4) is 0 Å². The molecule has 1 aromatic rings. The monoisotopic (exact) mass is 310 g/mol. The third-order valence-corrected chi connectivity index (χ3v) is 4.27. The Labute approximate surface area is 117 Å². The van der Waals surface area contributed by atoms with E-state index in [1.54, 1.807) is 14.1 Å². The van der Waals surface area contributed by atoms with Crippen molar-refractivity contribution < 1.29 is 17.9 Å². The molecule has 0 amide bonds. The molecule has 0 saturated carbocycles. The van der Waals surface area contributed by atoms with Gasteiger partial charge in [-0.2, -0.15) is 0 Å². The van der Waals surface area contributed by atoms with Crippen LogP contribution >= 0.6 is 11.6 Å². The Kier molecular flexibility index (Phi) is 5.69. The van der Waals surface area contributed by atoms with E-state index in [9.17, 15) is 12.8 Å². The minimum atomic E-state index is -3.81. The Morgan fingerprint density at radius 3 is 2.58 bits per heavy atom. The molecule has 1 aromatic carbocycles. The van der Waals surface area contributed by atoms with E-state index in [2.05, 4.69) is 4.72 Å². The Balaban J connectivity index is 2.98. The van der Waals surface area contributed by atoms with E-state index in [4.69, 9.17) is 16.7 Å². The molecule has 0 aliphatic heterocycles. The summed E-state index contributed by atoms with van der Waals surface area (Å²) < 4.78 is 39.7. The van der Waals surface area contributed by atoms with Crippen molar-refractivity contribution in [2.45, 2.75) is 11.5 Å². The number of nitrogens with one attached hydrogen (secondary N) is 1. The molecule has 0 heterocycles. The normalized spacial score (nSPS) is 12.1. The zero-order chi connectivity index (χ0) is 14.6. The van der Waals surface area contributed by atoms with E-state index >= 15 is 0 Å². The molecule has 0 aromatic heterocycles. The summed E-state index contributed by atoms with van der Waals surface area (Å²) >= 11 is 5.60. The van der Waals surface area contributed by atoms with Crippen molar-refractivity contribution in [1.29, 1.82) is 0 Å². The number of halogens is 2. The van der Waals surface area contributed by atoms with Crippen molar-refractivity contribution >= 4 is 21.6 Å². The second kappa shape index (κ2) is 6.62. The average molecular weight is 311 g/mol. The van der Waals surface area contributed by atoms with E-state index in [0.717, 1.165) is 12.1 Å². The number of sulfonamides is 1. The van der Waals surface area contributed by atoms with Crippen LogP contribution in [-0.4, -0.2) is 45.6 Å². The summed E-state index contributed by atoms with van der Waals surface area (Å²) in [7, 11) is -0.203. The van der Waals surface area contributed by atoms with E-state index in [1.165, 1.54) is 0 Å². The molecule has 0 radical (unpaired) electrons. The summed E-state index contributed by atoms with van der Waals surface area (Å²) in [4.78, 5) is 1.56. The quantitative estimate of drug-likeness (QED) is 0.816. The Hall–Kier alpha value is -0.730. The SMILES string of the molecule is CN(C)CCNS(=O)(=O)c1cc(F)c(Cl)c(CO)c1. The van der Waals surface area contributed by atoms with Gasteiger partial charge in [0.05, 0.1) is 16.5 Å². The first-order valence-corrected chi connectivity index (χ1v) is 7.37. The van der Waals surface area contributed by atoms with E-state index < -0.39 is 22.4 Å². The Morgan fingerprint density at radius 2 is 2.05 bits per heavy atom. The standard InChI is InChI=1S/C11H16ClFN2O3S/c1-15(2)4-3-14-19(17,18)9-5-8(7-16)11(12)10(13)6-9/h5-6,14,16H,3-4,7H2,1-2H3. The first-order chi connectivity index (χ1) is 8.77. The maximum atomic E-state index is 13.5. The lowest BCUT2D eigenvalue weighted by Crippen LogP contribution is -2.31.